The number of carbonyl (C=O) groups is 10. The van der Waals surface area contributed by atoms with Gasteiger partial charge in [-0.15, -0.1) is 5.48 Å². The van der Waals surface area contributed by atoms with Gasteiger partial charge in [-0.3, -0.25) is 33.6 Å². The predicted molar refractivity (Wildman–Crippen MR) is 272 cm³/mol. The van der Waals surface area contributed by atoms with Gasteiger partial charge in [0.25, 0.3) is 0 Å². The van der Waals surface area contributed by atoms with Gasteiger partial charge in [0.1, 0.15) is 48.0 Å². The smallest absolute Gasteiger partial charge is 0.408 e. The number of carbonyl (C=O) groups excluding carboxylic acids is 10. The molecule has 0 aliphatic heterocycles. The predicted octanol–water partition coefficient (Wildman–Crippen LogP) is 0.863. The maximum Gasteiger partial charge on any atom is 0.408 e. The first-order valence-corrected chi connectivity index (χ1v) is 27.1. The zero-order chi connectivity index (χ0) is 54.0. The van der Waals surface area contributed by atoms with E-state index >= 15 is 0 Å². The molecule has 1 unspecified atom stereocenters. The van der Waals surface area contributed by atoms with E-state index in [-0.39, 0.29) is 36.5 Å². The summed E-state index contributed by atoms with van der Waals surface area (Å²) >= 11 is 3.08. The van der Waals surface area contributed by atoms with Crippen LogP contribution in [0.5, 0.6) is 0 Å². The molecule has 0 aromatic carbocycles. The molecule has 69 heavy (non-hydrogen) atoms. The molecule has 0 radical (unpaired) electrons. The van der Waals surface area contributed by atoms with Crippen molar-refractivity contribution in [3.05, 3.63) is 0 Å². The van der Waals surface area contributed by atoms with E-state index in [1.54, 1.807) is 73.5 Å². The molecule has 0 saturated carbocycles. The minimum absolute atomic E-state index is 0.00159. The van der Waals surface area contributed by atoms with Crippen LogP contribution in [0.1, 0.15) is 62.3 Å². The molecule has 0 aromatic rings. The Morgan fingerprint density at radius 1 is 0.638 bits per heavy atom. The average Bonchev–Trinajstić information content (AvgIpc) is 3.25. The van der Waals surface area contributed by atoms with Crippen LogP contribution in [0.2, 0.25) is 0 Å². The molecule has 27 heteroatoms. The Balaban J connectivity index is 0. The number of rotatable bonds is 26. The normalized spacial score (nSPS) is 13.7. The number of nitrogens with one attached hydrogen (secondary N) is 5. The third kappa shape index (κ3) is 28.2. The molecule has 0 heterocycles. The van der Waals surface area contributed by atoms with Gasteiger partial charge in [0.2, 0.25) is 41.9 Å². The zero-order valence-electron chi connectivity index (χ0n) is 43.5. The summed E-state index contributed by atoms with van der Waals surface area (Å²) in [6, 6.07) is -5.71. The van der Waals surface area contributed by atoms with Gasteiger partial charge in [0.05, 0.1) is 6.54 Å². The van der Waals surface area contributed by atoms with E-state index in [0.717, 1.165) is 0 Å². The van der Waals surface area contributed by atoms with Gasteiger partial charge in [-0.25, -0.2) is 14.4 Å². The van der Waals surface area contributed by atoms with Gasteiger partial charge in [0.15, 0.2) is 0 Å². The Bertz CT molecular complexity index is 1700. The molecular weight excluding hydrogens is 981 g/mol. The molecule has 5 N–H and O–H groups in total. The number of hydrogen-bond donors (Lipinski definition) is 5. The lowest BCUT2D eigenvalue weighted by Crippen LogP contribution is -2.57. The molecule has 0 aliphatic carbocycles. The fourth-order valence-electron chi connectivity index (χ4n) is 5.05. The van der Waals surface area contributed by atoms with Crippen LogP contribution in [-0.4, -0.2) is 230 Å². The second-order valence-electron chi connectivity index (χ2n) is 17.8. The summed E-state index contributed by atoms with van der Waals surface area (Å²) in [4.78, 5) is 139. The van der Waals surface area contributed by atoms with E-state index < -0.39 is 95.6 Å². The summed E-state index contributed by atoms with van der Waals surface area (Å²) in [5.41, 5.74) is 0.745. The number of nitrogens with zero attached hydrogens (tertiary/aromatic N) is 5. The summed E-state index contributed by atoms with van der Waals surface area (Å²) in [6.45, 7) is 13.2. The van der Waals surface area contributed by atoms with E-state index in [0.29, 0.717) is 12.2 Å². The monoisotopic (exact) mass is 1060 g/mol. The van der Waals surface area contributed by atoms with Crippen LogP contribution in [0.3, 0.4) is 0 Å². The molecule has 9 amide bonds. The van der Waals surface area contributed by atoms with Gasteiger partial charge < -0.3 is 60.1 Å². The molecule has 23 nitrogen and oxygen atoms in total. The van der Waals surface area contributed by atoms with Gasteiger partial charge >= 0.3 is 18.2 Å². The topological polar surface area (TPSA) is 275 Å². The number of amides is 9. The molecule has 0 fully saturated rings. The Hall–Kier alpha value is -4.34. The minimum Gasteiger partial charge on any atom is -0.444 e. The highest BCUT2D eigenvalue weighted by molar-refractivity contribution is 8.76. The number of likely N-dealkylation sites (N-methyl/N-ethyl adjacent to an activating group) is 5. The summed E-state index contributed by atoms with van der Waals surface area (Å²) in [5.74, 6) is -3.79. The van der Waals surface area contributed by atoms with E-state index in [9.17, 15) is 47.9 Å². The standard InChI is InChI=1S/C40H72N10O13S3.C2H6S/c1-24(49(14)30(52)17-41-32(54)25(2)43-37(59)61-39(4,5)6)20-65-66-21-28(35(57)50(15)26(3)34(56)46(10)11)45-63-31(53)18-42-33(55)27(44-38(60)62-40(7,8)9)19-47(12)36(58)29(22-64-16)48(13)23-51;1-3-2/h23-29,45H,17-22H2,1-16H3,(H,41,54)(H,42,55)(H,43,59)(H,44,60);1-2H3/t24?,25-,26+,27-,28+,29-;/m1./s1. The van der Waals surface area contributed by atoms with Crippen molar-refractivity contribution in [1.82, 2.24) is 51.2 Å². The van der Waals surface area contributed by atoms with Crippen LogP contribution >= 0.6 is 45.1 Å². The Morgan fingerprint density at radius 2 is 1.14 bits per heavy atom. The van der Waals surface area contributed by atoms with Crippen molar-refractivity contribution in [2.45, 2.75) is 110 Å². The third-order valence-electron chi connectivity index (χ3n) is 9.08. The molecule has 6 atom stereocenters. The van der Waals surface area contributed by atoms with Crippen LogP contribution in [0.15, 0.2) is 0 Å². The second-order valence-corrected chi connectivity index (χ2v) is 22.1. The van der Waals surface area contributed by atoms with Crippen molar-refractivity contribution in [2.24, 2.45) is 0 Å². The molecule has 0 aliphatic rings. The van der Waals surface area contributed by atoms with Crippen LogP contribution < -0.4 is 26.7 Å². The van der Waals surface area contributed by atoms with Crippen molar-refractivity contribution in [3.63, 3.8) is 0 Å². The molecule has 0 bridgehead atoms. The fraction of sp³-hybridized carbons (Fsp3) is 0.762. The Labute approximate surface area is 424 Å². The largest absolute Gasteiger partial charge is 0.444 e. The zero-order valence-corrected chi connectivity index (χ0v) is 46.7. The molecular formula is C42H78N10O13S4. The molecule has 0 rings (SSSR count). The van der Waals surface area contributed by atoms with E-state index in [2.05, 4.69) is 26.7 Å². The number of hydroxylamine groups is 1. The highest BCUT2D eigenvalue weighted by Crippen LogP contribution is 2.25. The summed E-state index contributed by atoms with van der Waals surface area (Å²) < 4.78 is 10.5. The van der Waals surface area contributed by atoms with Crippen molar-refractivity contribution in [2.75, 3.05) is 97.9 Å². The van der Waals surface area contributed by atoms with Crippen molar-refractivity contribution < 1.29 is 62.3 Å². The summed E-state index contributed by atoms with van der Waals surface area (Å²) in [5, 5.41) is 9.68. The van der Waals surface area contributed by atoms with Crippen LogP contribution in [0.25, 0.3) is 0 Å². The van der Waals surface area contributed by atoms with Gasteiger partial charge in [-0.2, -0.15) is 23.5 Å². The number of thioether (sulfide) groups is 2. The molecule has 0 saturated heterocycles. The number of alkyl carbamates (subject to hydrolysis) is 2. The second kappa shape index (κ2) is 33.3. The van der Waals surface area contributed by atoms with Gasteiger partial charge in [-0.1, -0.05) is 21.6 Å². The maximum absolute atomic E-state index is 13.7. The summed E-state index contributed by atoms with van der Waals surface area (Å²) in [7, 11) is 11.4. The molecule has 0 spiro atoms. The lowest BCUT2D eigenvalue weighted by atomic mass is 10.2. The number of hydrogen-bond acceptors (Lipinski definition) is 18. The van der Waals surface area contributed by atoms with E-state index in [1.807, 2.05) is 12.5 Å². The highest BCUT2D eigenvalue weighted by atomic mass is 33.1. The van der Waals surface area contributed by atoms with Crippen LogP contribution in [0.4, 0.5) is 9.59 Å². The molecule has 398 valence electrons. The first-order valence-electron chi connectivity index (χ1n) is 21.6. The Kier molecular flexibility index (Phi) is 32.2. The van der Waals surface area contributed by atoms with Crippen molar-refractivity contribution >= 4 is 105 Å². The summed E-state index contributed by atoms with van der Waals surface area (Å²) in [6.07, 6.45) is 4.59. The fourth-order valence-corrected chi connectivity index (χ4v) is 8.28. The SMILES string of the molecule is CSC.CSC[C@H](C(=O)N(C)C[C@@H](NC(=O)OC(C)(C)C)C(=O)NCC(=O)ON[C@@H](CSSCC(C)N(C)C(=O)CNC(=O)[C@@H](C)NC(=O)OC(C)(C)C)C(=O)N(C)[C@@H](C)C(=O)N(C)C)N(C)C=O. The van der Waals surface area contributed by atoms with Gasteiger partial charge in [0, 0.05) is 72.1 Å². The van der Waals surface area contributed by atoms with Crippen LogP contribution in [-0.2, 0) is 52.7 Å². The van der Waals surface area contributed by atoms with Crippen molar-refractivity contribution in [1.29, 1.82) is 0 Å². The number of ether oxygens (including phenoxy) is 2. The lowest BCUT2D eigenvalue weighted by molar-refractivity contribution is -0.157. The average molecular weight is 1060 g/mol. The van der Waals surface area contributed by atoms with E-state index in [4.69, 9.17) is 14.3 Å². The first kappa shape index (κ1) is 66.7. The Morgan fingerprint density at radius 3 is 1.64 bits per heavy atom. The van der Waals surface area contributed by atoms with E-state index in [1.165, 1.54) is 107 Å². The third-order valence-corrected chi connectivity index (χ3v) is 12.3. The minimum atomic E-state index is -1.43. The van der Waals surface area contributed by atoms with Gasteiger partial charge in [-0.05, 0) is 81.1 Å². The van der Waals surface area contributed by atoms with Crippen molar-refractivity contribution in [3.8, 4) is 0 Å². The highest BCUT2D eigenvalue weighted by Gasteiger charge is 2.33. The molecule has 0 aromatic heterocycles. The maximum atomic E-state index is 13.7. The first-order chi connectivity index (χ1) is 31.8. The quantitative estimate of drug-likeness (QED) is 0.0264. The lowest BCUT2D eigenvalue weighted by Gasteiger charge is -2.30. The van der Waals surface area contributed by atoms with Crippen LogP contribution in [0, 0.1) is 0 Å².